The van der Waals surface area contributed by atoms with Crippen molar-refractivity contribution in [2.45, 2.75) is 13.0 Å². The topological polar surface area (TPSA) is 51.5 Å². The molecule has 4 rings (SSSR count). The van der Waals surface area contributed by atoms with E-state index in [-0.39, 0.29) is 12.5 Å². The lowest BCUT2D eigenvalue weighted by Crippen LogP contribution is -2.38. The molecule has 5 heteroatoms. The minimum absolute atomic E-state index is 0.165. The highest BCUT2D eigenvalue weighted by atomic mass is 16.5. The van der Waals surface area contributed by atoms with Crippen molar-refractivity contribution in [1.82, 2.24) is 9.47 Å². The van der Waals surface area contributed by atoms with Crippen molar-refractivity contribution in [3.05, 3.63) is 89.7 Å². The van der Waals surface area contributed by atoms with E-state index in [2.05, 4.69) is 6.07 Å². The Morgan fingerprint density at radius 3 is 2.33 bits per heavy atom. The van der Waals surface area contributed by atoms with Crippen LogP contribution in [-0.2, 0) is 22.5 Å². The fraction of sp³-hybridized carbons (Fsp3) is 0.182. The van der Waals surface area contributed by atoms with Gasteiger partial charge in [0.1, 0.15) is 0 Å². The van der Waals surface area contributed by atoms with Crippen LogP contribution in [0.1, 0.15) is 21.5 Å². The maximum Gasteiger partial charge on any atom is 0.338 e. The van der Waals surface area contributed by atoms with Crippen LogP contribution < -0.4 is 0 Å². The van der Waals surface area contributed by atoms with E-state index in [0.29, 0.717) is 18.7 Å². The first-order chi connectivity index (χ1) is 13.2. The van der Waals surface area contributed by atoms with Crippen LogP contribution >= 0.6 is 0 Å². The second-order valence-electron chi connectivity index (χ2n) is 6.55. The largest absolute Gasteiger partial charge is 0.452 e. The van der Waals surface area contributed by atoms with Gasteiger partial charge in [-0.15, -0.1) is 0 Å². The fourth-order valence-corrected chi connectivity index (χ4v) is 3.29. The number of ether oxygens (including phenoxy) is 1. The van der Waals surface area contributed by atoms with E-state index in [1.54, 1.807) is 17.0 Å². The van der Waals surface area contributed by atoms with Crippen LogP contribution in [0.4, 0.5) is 0 Å². The van der Waals surface area contributed by atoms with Gasteiger partial charge in [0, 0.05) is 31.2 Å². The summed E-state index contributed by atoms with van der Waals surface area (Å²) in [6, 6.07) is 19.1. The van der Waals surface area contributed by atoms with Gasteiger partial charge in [-0.1, -0.05) is 24.3 Å². The van der Waals surface area contributed by atoms with Crippen LogP contribution in [0, 0.1) is 0 Å². The lowest BCUT2D eigenvalue weighted by molar-refractivity contribution is -0.135. The highest BCUT2D eigenvalue weighted by molar-refractivity contribution is 5.91. The third-order valence-corrected chi connectivity index (χ3v) is 4.82. The quantitative estimate of drug-likeness (QED) is 0.671. The van der Waals surface area contributed by atoms with E-state index in [1.807, 2.05) is 59.4 Å². The summed E-state index contributed by atoms with van der Waals surface area (Å²) in [5, 5.41) is 0. The monoisotopic (exact) mass is 360 g/mol. The third-order valence-electron chi connectivity index (χ3n) is 4.82. The van der Waals surface area contributed by atoms with Crippen molar-refractivity contribution >= 4 is 11.9 Å². The van der Waals surface area contributed by atoms with Crippen LogP contribution in [0.2, 0.25) is 0 Å². The zero-order valence-corrected chi connectivity index (χ0v) is 14.9. The van der Waals surface area contributed by atoms with E-state index >= 15 is 0 Å². The molecule has 0 radical (unpaired) electrons. The Morgan fingerprint density at radius 2 is 1.59 bits per heavy atom. The molecule has 0 N–H and O–H groups in total. The first-order valence-corrected chi connectivity index (χ1v) is 8.96. The molecule has 0 aliphatic carbocycles. The van der Waals surface area contributed by atoms with Gasteiger partial charge in [-0.25, -0.2) is 4.79 Å². The van der Waals surface area contributed by atoms with E-state index in [4.69, 9.17) is 4.74 Å². The minimum atomic E-state index is -0.486. The highest BCUT2D eigenvalue weighted by Gasteiger charge is 2.21. The van der Waals surface area contributed by atoms with Crippen LogP contribution in [0.3, 0.4) is 0 Å². The first kappa shape index (κ1) is 17.1. The van der Waals surface area contributed by atoms with Gasteiger partial charge in [0.15, 0.2) is 6.61 Å². The average molecular weight is 360 g/mol. The Kier molecular flexibility index (Phi) is 4.75. The summed E-state index contributed by atoms with van der Waals surface area (Å²) in [5.41, 5.74) is 3.83. The summed E-state index contributed by atoms with van der Waals surface area (Å²) in [5.74, 6) is -0.651. The number of amides is 1. The van der Waals surface area contributed by atoms with Gasteiger partial charge in [0.05, 0.1) is 5.56 Å². The predicted octanol–water partition coefficient (Wildman–Crippen LogP) is 3.22. The Morgan fingerprint density at radius 1 is 0.889 bits per heavy atom. The zero-order chi connectivity index (χ0) is 18.6. The average Bonchev–Trinajstić information content (AvgIpc) is 3.26. The highest BCUT2D eigenvalue weighted by Crippen LogP contribution is 2.18. The molecule has 0 fully saturated rings. The van der Waals surface area contributed by atoms with Crippen molar-refractivity contribution in [2.24, 2.45) is 0 Å². The molecule has 0 saturated heterocycles. The number of esters is 1. The molecule has 1 aliphatic rings. The van der Waals surface area contributed by atoms with E-state index in [1.165, 1.54) is 5.56 Å². The molecule has 1 amide bonds. The van der Waals surface area contributed by atoms with Crippen molar-refractivity contribution in [2.75, 3.05) is 13.2 Å². The molecule has 1 aromatic heterocycles. The molecule has 0 saturated carbocycles. The SMILES string of the molecule is O=C(OCC(=O)N1CCc2ccccc2C1)c1ccc(-n2cccc2)cc1. The smallest absolute Gasteiger partial charge is 0.338 e. The maximum atomic E-state index is 12.4. The number of carbonyl (C=O) groups excluding carboxylic acids is 2. The van der Waals surface area contributed by atoms with Crippen LogP contribution in [0.5, 0.6) is 0 Å². The second kappa shape index (κ2) is 7.50. The lowest BCUT2D eigenvalue weighted by Gasteiger charge is -2.28. The third kappa shape index (κ3) is 3.77. The molecule has 0 bridgehead atoms. The number of nitrogens with zero attached hydrogens (tertiary/aromatic N) is 2. The van der Waals surface area contributed by atoms with Crippen molar-refractivity contribution in [3.8, 4) is 5.69 Å². The Labute approximate surface area is 157 Å². The molecule has 0 unspecified atom stereocenters. The first-order valence-electron chi connectivity index (χ1n) is 8.96. The second-order valence-corrected chi connectivity index (χ2v) is 6.55. The predicted molar refractivity (Wildman–Crippen MR) is 102 cm³/mol. The number of aromatic nitrogens is 1. The molecule has 27 heavy (non-hydrogen) atoms. The zero-order valence-electron chi connectivity index (χ0n) is 14.9. The maximum absolute atomic E-state index is 12.4. The molecule has 136 valence electrons. The molecule has 0 atom stereocenters. The Hall–Kier alpha value is -3.34. The molecular formula is C22H20N2O3. The van der Waals surface area contributed by atoms with E-state index in [9.17, 15) is 9.59 Å². The van der Waals surface area contributed by atoms with Crippen molar-refractivity contribution in [3.63, 3.8) is 0 Å². The molecule has 5 nitrogen and oxygen atoms in total. The lowest BCUT2D eigenvalue weighted by atomic mass is 10.00. The van der Waals surface area contributed by atoms with Gasteiger partial charge in [-0.05, 0) is 53.9 Å². The van der Waals surface area contributed by atoms with Gasteiger partial charge < -0.3 is 14.2 Å². The standard InChI is InChI=1S/C22H20N2O3/c25-21(24-14-11-17-5-1-2-6-19(17)15-24)16-27-22(26)18-7-9-20(10-8-18)23-12-3-4-13-23/h1-10,12-13H,11,14-16H2. The van der Waals surface area contributed by atoms with Gasteiger partial charge in [0.2, 0.25) is 0 Å². The summed E-state index contributed by atoms with van der Waals surface area (Å²) in [7, 11) is 0. The van der Waals surface area contributed by atoms with Gasteiger partial charge in [-0.3, -0.25) is 4.79 Å². The summed E-state index contributed by atoms with van der Waals surface area (Å²) < 4.78 is 7.18. The molecule has 2 aromatic carbocycles. The fourth-order valence-electron chi connectivity index (χ4n) is 3.29. The number of carbonyl (C=O) groups is 2. The van der Waals surface area contributed by atoms with Crippen molar-refractivity contribution in [1.29, 1.82) is 0 Å². The van der Waals surface area contributed by atoms with E-state index in [0.717, 1.165) is 17.7 Å². The van der Waals surface area contributed by atoms with E-state index < -0.39 is 5.97 Å². The number of rotatable bonds is 4. The molecule has 3 aromatic rings. The van der Waals surface area contributed by atoms with Crippen LogP contribution in [0.25, 0.3) is 5.69 Å². The molecule has 2 heterocycles. The summed E-state index contributed by atoms with van der Waals surface area (Å²) in [6.07, 6.45) is 4.70. The van der Waals surface area contributed by atoms with Gasteiger partial charge in [-0.2, -0.15) is 0 Å². The van der Waals surface area contributed by atoms with Crippen LogP contribution in [0.15, 0.2) is 73.1 Å². The summed E-state index contributed by atoms with van der Waals surface area (Å²) in [4.78, 5) is 26.4. The molecule has 1 aliphatic heterocycles. The Bertz CT molecular complexity index is 946. The van der Waals surface area contributed by atoms with Crippen molar-refractivity contribution < 1.29 is 14.3 Å². The minimum Gasteiger partial charge on any atom is -0.452 e. The Balaban J connectivity index is 1.33. The van der Waals surface area contributed by atoms with Gasteiger partial charge >= 0.3 is 5.97 Å². The van der Waals surface area contributed by atoms with Gasteiger partial charge in [0.25, 0.3) is 5.91 Å². The summed E-state index contributed by atoms with van der Waals surface area (Å²) in [6.45, 7) is 0.984. The van der Waals surface area contributed by atoms with Crippen LogP contribution in [-0.4, -0.2) is 34.5 Å². The number of benzene rings is 2. The number of fused-ring (bicyclic) bond motifs is 1. The number of hydrogen-bond acceptors (Lipinski definition) is 3. The molecule has 0 spiro atoms. The number of hydrogen-bond donors (Lipinski definition) is 0. The summed E-state index contributed by atoms with van der Waals surface area (Å²) >= 11 is 0. The molecular weight excluding hydrogens is 340 g/mol. The normalized spacial score (nSPS) is 13.1.